The summed E-state index contributed by atoms with van der Waals surface area (Å²) in [4.78, 5) is 16.2. The standard InChI is InChI=1S/C16H13N3O2S2/c20-12-5-3-4-11(8-12)9-17-19-15(21)10-22-16-18-13-6-1-2-7-14(13)23-16/h1-9,20H,10H2,(H,19,21)/b17-9+. The van der Waals surface area contributed by atoms with Crippen LogP contribution in [0.3, 0.4) is 0 Å². The minimum absolute atomic E-state index is 0.159. The first kappa shape index (κ1) is 15.5. The van der Waals surface area contributed by atoms with Gasteiger partial charge in [-0.3, -0.25) is 4.79 Å². The van der Waals surface area contributed by atoms with E-state index in [0.29, 0.717) is 5.56 Å². The van der Waals surface area contributed by atoms with E-state index in [1.54, 1.807) is 35.6 Å². The molecule has 3 rings (SSSR count). The monoisotopic (exact) mass is 343 g/mol. The van der Waals surface area contributed by atoms with Crippen LogP contribution < -0.4 is 5.43 Å². The van der Waals surface area contributed by atoms with Crippen LogP contribution in [0.1, 0.15) is 5.56 Å². The number of carbonyl (C=O) groups excluding carboxylic acids is 1. The fraction of sp³-hybridized carbons (Fsp3) is 0.0625. The normalized spacial score (nSPS) is 11.1. The van der Waals surface area contributed by atoms with E-state index in [9.17, 15) is 9.90 Å². The van der Waals surface area contributed by atoms with Crippen LogP contribution in [0.4, 0.5) is 0 Å². The molecule has 0 unspecified atom stereocenters. The number of phenols is 1. The lowest BCUT2D eigenvalue weighted by atomic mass is 10.2. The predicted molar refractivity (Wildman–Crippen MR) is 94.2 cm³/mol. The molecule has 23 heavy (non-hydrogen) atoms. The minimum Gasteiger partial charge on any atom is -0.508 e. The first-order chi connectivity index (χ1) is 11.2. The summed E-state index contributed by atoms with van der Waals surface area (Å²) in [5, 5.41) is 13.2. The summed E-state index contributed by atoms with van der Waals surface area (Å²) in [5.74, 6) is 0.203. The molecule has 0 fully saturated rings. The zero-order chi connectivity index (χ0) is 16.1. The van der Waals surface area contributed by atoms with Crippen LogP contribution in [0.5, 0.6) is 5.75 Å². The number of phenolic OH excluding ortho intramolecular Hbond substituents is 1. The quantitative estimate of drug-likeness (QED) is 0.424. The van der Waals surface area contributed by atoms with E-state index >= 15 is 0 Å². The highest BCUT2D eigenvalue weighted by atomic mass is 32.2. The maximum atomic E-state index is 11.8. The van der Waals surface area contributed by atoms with Crippen molar-refractivity contribution < 1.29 is 9.90 Å². The molecule has 0 spiro atoms. The molecule has 0 saturated heterocycles. The van der Waals surface area contributed by atoms with Gasteiger partial charge >= 0.3 is 0 Å². The number of hydrazone groups is 1. The van der Waals surface area contributed by atoms with Gasteiger partial charge in [0.25, 0.3) is 5.91 Å². The molecule has 3 aromatic rings. The Kier molecular flexibility index (Phi) is 4.89. The zero-order valence-corrected chi connectivity index (χ0v) is 13.6. The first-order valence-electron chi connectivity index (χ1n) is 6.80. The van der Waals surface area contributed by atoms with Gasteiger partial charge in [-0.1, -0.05) is 36.0 Å². The number of para-hydroxylation sites is 1. The molecule has 0 atom stereocenters. The third-order valence-corrected chi connectivity index (χ3v) is 5.05. The van der Waals surface area contributed by atoms with Crippen molar-refractivity contribution in [3.05, 3.63) is 54.1 Å². The molecule has 1 amide bonds. The first-order valence-corrected chi connectivity index (χ1v) is 8.60. The number of nitrogens with one attached hydrogen (secondary N) is 1. The topological polar surface area (TPSA) is 74.6 Å². The summed E-state index contributed by atoms with van der Waals surface area (Å²) in [5.41, 5.74) is 4.12. The van der Waals surface area contributed by atoms with Crippen LogP contribution in [-0.2, 0) is 4.79 Å². The lowest BCUT2D eigenvalue weighted by Gasteiger charge is -1.98. The van der Waals surface area contributed by atoms with Crippen LogP contribution >= 0.6 is 23.1 Å². The molecule has 7 heteroatoms. The van der Waals surface area contributed by atoms with E-state index in [0.717, 1.165) is 14.6 Å². The van der Waals surface area contributed by atoms with Crippen molar-refractivity contribution in [2.75, 3.05) is 5.75 Å². The Morgan fingerprint density at radius 1 is 1.30 bits per heavy atom. The van der Waals surface area contributed by atoms with E-state index in [1.807, 2.05) is 24.3 Å². The second kappa shape index (κ2) is 7.26. The lowest BCUT2D eigenvalue weighted by Crippen LogP contribution is -2.19. The predicted octanol–water partition coefficient (Wildman–Crippen LogP) is 3.24. The number of fused-ring (bicyclic) bond motifs is 1. The SMILES string of the molecule is O=C(CSc1nc2ccccc2s1)N/N=C/c1cccc(O)c1. The van der Waals surface area contributed by atoms with Gasteiger partial charge in [0.2, 0.25) is 0 Å². The number of aromatic nitrogens is 1. The van der Waals surface area contributed by atoms with Gasteiger partial charge < -0.3 is 5.11 Å². The lowest BCUT2D eigenvalue weighted by molar-refractivity contribution is -0.118. The Labute approximate surface area is 141 Å². The third kappa shape index (κ3) is 4.30. The Balaban J connectivity index is 1.51. The number of rotatable bonds is 5. The van der Waals surface area contributed by atoms with Crippen LogP contribution in [0.25, 0.3) is 10.2 Å². The van der Waals surface area contributed by atoms with Crippen molar-refractivity contribution in [2.24, 2.45) is 5.10 Å². The molecule has 0 bridgehead atoms. The molecule has 0 radical (unpaired) electrons. The van der Waals surface area contributed by atoms with Crippen LogP contribution in [0.15, 0.2) is 58.0 Å². The number of thioether (sulfide) groups is 1. The number of carbonyl (C=O) groups is 1. The van der Waals surface area contributed by atoms with Crippen molar-refractivity contribution in [3.8, 4) is 5.75 Å². The smallest absolute Gasteiger partial charge is 0.250 e. The van der Waals surface area contributed by atoms with Gasteiger partial charge in [-0.2, -0.15) is 5.10 Å². The van der Waals surface area contributed by atoms with Crippen LogP contribution in [0, 0.1) is 0 Å². The summed E-state index contributed by atoms with van der Waals surface area (Å²) in [7, 11) is 0. The molecule has 0 saturated carbocycles. The molecule has 2 aromatic carbocycles. The Hall–Kier alpha value is -2.38. The molecular formula is C16H13N3O2S2. The van der Waals surface area contributed by atoms with Gasteiger partial charge in [0.05, 0.1) is 22.2 Å². The summed E-state index contributed by atoms with van der Waals surface area (Å²) in [6.07, 6.45) is 1.49. The van der Waals surface area contributed by atoms with Gasteiger partial charge in [0.1, 0.15) is 5.75 Å². The maximum absolute atomic E-state index is 11.8. The number of aromatic hydroxyl groups is 1. The third-order valence-electron chi connectivity index (χ3n) is 2.87. The molecule has 5 nitrogen and oxygen atoms in total. The van der Waals surface area contributed by atoms with Crippen LogP contribution in [0.2, 0.25) is 0 Å². The molecule has 0 aliphatic rings. The van der Waals surface area contributed by atoms with Gasteiger partial charge in [-0.15, -0.1) is 11.3 Å². The maximum Gasteiger partial charge on any atom is 0.250 e. The van der Waals surface area contributed by atoms with Gasteiger partial charge in [-0.05, 0) is 29.8 Å². The van der Waals surface area contributed by atoms with E-state index in [-0.39, 0.29) is 17.4 Å². The van der Waals surface area contributed by atoms with E-state index in [2.05, 4.69) is 15.5 Å². The molecule has 2 N–H and O–H groups in total. The number of amides is 1. The number of hydrogen-bond donors (Lipinski definition) is 2. The van der Waals surface area contributed by atoms with Gasteiger partial charge in [0.15, 0.2) is 4.34 Å². The number of benzene rings is 2. The fourth-order valence-corrected chi connectivity index (χ4v) is 3.72. The Morgan fingerprint density at radius 3 is 3.00 bits per heavy atom. The van der Waals surface area contributed by atoms with E-state index in [4.69, 9.17) is 0 Å². The molecule has 116 valence electrons. The fourth-order valence-electron chi connectivity index (χ4n) is 1.86. The van der Waals surface area contributed by atoms with Crippen LogP contribution in [-0.4, -0.2) is 28.0 Å². The summed E-state index contributed by atoms with van der Waals surface area (Å²) in [6, 6.07) is 14.5. The van der Waals surface area contributed by atoms with Crippen molar-refractivity contribution in [1.82, 2.24) is 10.4 Å². The minimum atomic E-state index is -0.203. The number of thiazole rings is 1. The van der Waals surface area contributed by atoms with Crippen molar-refractivity contribution >= 4 is 45.4 Å². The average Bonchev–Trinajstić information content (AvgIpc) is 2.96. The molecule has 1 heterocycles. The number of nitrogens with zero attached hydrogens (tertiary/aromatic N) is 2. The highest BCUT2D eigenvalue weighted by molar-refractivity contribution is 8.01. The Bertz CT molecular complexity index is 828. The van der Waals surface area contributed by atoms with Gasteiger partial charge in [-0.25, -0.2) is 10.4 Å². The zero-order valence-electron chi connectivity index (χ0n) is 12.0. The summed E-state index contributed by atoms with van der Waals surface area (Å²) in [6.45, 7) is 0. The van der Waals surface area contributed by atoms with Crippen molar-refractivity contribution in [1.29, 1.82) is 0 Å². The molecule has 0 aliphatic carbocycles. The summed E-state index contributed by atoms with van der Waals surface area (Å²) < 4.78 is 1.97. The molecule has 1 aromatic heterocycles. The molecular weight excluding hydrogens is 330 g/mol. The van der Waals surface area contributed by atoms with E-state index in [1.165, 1.54) is 18.0 Å². The van der Waals surface area contributed by atoms with E-state index < -0.39 is 0 Å². The number of hydrogen-bond acceptors (Lipinski definition) is 6. The largest absolute Gasteiger partial charge is 0.508 e. The Morgan fingerprint density at radius 2 is 2.17 bits per heavy atom. The average molecular weight is 343 g/mol. The second-order valence-electron chi connectivity index (χ2n) is 4.62. The van der Waals surface area contributed by atoms with Gasteiger partial charge in [0, 0.05) is 0 Å². The van der Waals surface area contributed by atoms with Crippen molar-refractivity contribution in [3.63, 3.8) is 0 Å². The highest BCUT2D eigenvalue weighted by Gasteiger charge is 2.06. The summed E-state index contributed by atoms with van der Waals surface area (Å²) >= 11 is 2.95. The molecule has 0 aliphatic heterocycles. The highest BCUT2D eigenvalue weighted by Crippen LogP contribution is 2.28. The van der Waals surface area contributed by atoms with Crippen molar-refractivity contribution in [2.45, 2.75) is 4.34 Å². The second-order valence-corrected chi connectivity index (χ2v) is 6.88.